The summed E-state index contributed by atoms with van der Waals surface area (Å²) < 4.78 is 6.34. The summed E-state index contributed by atoms with van der Waals surface area (Å²) in [6, 6.07) is 0. The topological polar surface area (TPSA) is 21.3 Å². The molecule has 0 amide bonds. The van der Waals surface area contributed by atoms with Crippen molar-refractivity contribution in [3.63, 3.8) is 0 Å². The Labute approximate surface area is 101 Å². The van der Waals surface area contributed by atoms with Gasteiger partial charge in [-0.05, 0) is 38.6 Å². The van der Waals surface area contributed by atoms with E-state index in [2.05, 4.69) is 33.0 Å². The Kier molecular flexibility index (Phi) is 5.77. The first-order valence-electron chi connectivity index (χ1n) is 7.00. The predicted octanol–water partition coefficient (Wildman–Crippen LogP) is 3.36. The molecule has 1 fully saturated rings. The average Bonchev–Trinajstić information content (AvgIpc) is 2.26. The molecule has 0 aliphatic heterocycles. The molecular weight excluding hydrogens is 198 g/mol. The lowest BCUT2D eigenvalue weighted by molar-refractivity contribution is -0.115. The summed E-state index contributed by atoms with van der Waals surface area (Å²) in [7, 11) is 0. The number of hydrogen-bond donors (Lipinski definition) is 1. The smallest absolute Gasteiger partial charge is 0.0812 e. The van der Waals surface area contributed by atoms with E-state index in [4.69, 9.17) is 4.74 Å². The van der Waals surface area contributed by atoms with Gasteiger partial charge in [-0.15, -0.1) is 0 Å². The summed E-state index contributed by atoms with van der Waals surface area (Å²) >= 11 is 0. The zero-order chi connectivity index (χ0) is 12.0. The lowest BCUT2D eigenvalue weighted by atomic mass is 9.78. The third-order valence-corrected chi connectivity index (χ3v) is 3.77. The molecule has 0 saturated heterocycles. The molecule has 1 rings (SSSR count). The summed E-state index contributed by atoms with van der Waals surface area (Å²) in [5.74, 6) is 0.816. The minimum atomic E-state index is 0.114. The number of rotatable bonds is 6. The highest BCUT2D eigenvalue weighted by Crippen LogP contribution is 2.36. The number of ether oxygens (including phenoxy) is 1. The first-order chi connectivity index (χ1) is 7.62. The summed E-state index contributed by atoms with van der Waals surface area (Å²) in [5.41, 5.74) is 0.114. The minimum Gasteiger partial charge on any atom is -0.371 e. The molecule has 1 aliphatic rings. The zero-order valence-electron chi connectivity index (χ0n) is 11.5. The van der Waals surface area contributed by atoms with Crippen LogP contribution in [-0.4, -0.2) is 24.8 Å². The molecule has 0 heterocycles. The van der Waals surface area contributed by atoms with E-state index >= 15 is 0 Å². The summed E-state index contributed by atoms with van der Waals surface area (Å²) in [4.78, 5) is 0. The van der Waals surface area contributed by atoms with Crippen molar-refractivity contribution >= 4 is 0 Å². The van der Waals surface area contributed by atoms with Gasteiger partial charge in [0, 0.05) is 6.54 Å². The zero-order valence-corrected chi connectivity index (χ0v) is 11.5. The lowest BCUT2D eigenvalue weighted by Gasteiger charge is -2.42. The fraction of sp³-hybridized carbons (Fsp3) is 1.00. The molecule has 0 aromatic rings. The van der Waals surface area contributed by atoms with Gasteiger partial charge in [-0.25, -0.2) is 0 Å². The fourth-order valence-corrected chi connectivity index (χ4v) is 2.78. The molecule has 0 aromatic heterocycles. The molecule has 0 bridgehead atoms. The van der Waals surface area contributed by atoms with Crippen LogP contribution in [0.3, 0.4) is 0 Å². The van der Waals surface area contributed by atoms with Gasteiger partial charge in [-0.3, -0.25) is 0 Å². The quantitative estimate of drug-likeness (QED) is 0.751. The van der Waals surface area contributed by atoms with Crippen molar-refractivity contribution in [2.45, 2.75) is 71.5 Å². The van der Waals surface area contributed by atoms with Crippen LogP contribution in [0, 0.1) is 5.92 Å². The van der Waals surface area contributed by atoms with Crippen LogP contribution in [0.2, 0.25) is 0 Å². The Morgan fingerprint density at radius 3 is 2.75 bits per heavy atom. The Bertz CT molecular complexity index is 195. The molecule has 1 aliphatic carbocycles. The van der Waals surface area contributed by atoms with Crippen LogP contribution in [0.4, 0.5) is 0 Å². The largest absolute Gasteiger partial charge is 0.371 e. The van der Waals surface area contributed by atoms with E-state index in [9.17, 15) is 0 Å². The minimum absolute atomic E-state index is 0.114. The maximum absolute atomic E-state index is 6.34. The van der Waals surface area contributed by atoms with Crippen molar-refractivity contribution in [1.82, 2.24) is 5.32 Å². The van der Waals surface area contributed by atoms with Gasteiger partial charge in [0.2, 0.25) is 0 Å². The Hall–Kier alpha value is -0.0800. The van der Waals surface area contributed by atoms with E-state index in [0.29, 0.717) is 6.10 Å². The molecular formula is C14H29NO. The van der Waals surface area contributed by atoms with Gasteiger partial charge in [-0.1, -0.05) is 33.6 Å². The average molecular weight is 227 g/mol. The first kappa shape index (κ1) is 14.0. The maximum Gasteiger partial charge on any atom is 0.0812 e. The molecule has 96 valence electrons. The summed E-state index contributed by atoms with van der Waals surface area (Å²) in [6.07, 6.45) is 6.66. The van der Waals surface area contributed by atoms with E-state index < -0.39 is 0 Å². The van der Waals surface area contributed by atoms with Crippen molar-refractivity contribution in [1.29, 1.82) is 0 Å². The van der Waals surface area contributed by atoms with E-state index in [1.807, 2.05) is 0 Å². The highest BCUT2D eigenvalue weighted by molar-refractivity contribution is 4.89. The highest BCUT2D eigenvalue weighted by atomic mass is 16.5. The van der Waals surface area contributed by atoms with Crippen molar-refractivity contribution in [3.8, 4) is 0 Å². The van der Waals surface area contributed by atoms with E-state index in [0.717, 1.165) is 25.4 Å². The number of likely N-dealkylation sites (N-methyl/N-ethyl adjacent to an activating group) is 1. The molecule has 1 N–H and O–H groups in total. The van der Waals surface area contributed by atoms with E-state index in [1.54, 1.807) is 0 Å². The second-order valence-corrected chi connectivity index (χ2v) is 5.50. The van der Waals surface area contributed by atoms with E-state index in [1.165, 1.54) is 25.7 Å². The standard InChI is InChI=1S/C14H29NO/c1-5-13(4)16-14(11-15-6-2)9-7-8-12(3)10-14/h12-13,15H,5-11H2,1-4H3. The molecule has 0 spiro atoms. The van der Waals surface area contributed by atoms with Crippen LogP contribution < -0.4 is 5.32 Å². The van der Waals surface area contributed by atoms with Crippen LogP contribution >= 0.6 is 0 Å². The third kappa shape index (κ3) is 4.06. The highest BCUT2D eigenvalue weighted by Gasteiger charge is 2.36. The normalized spacial score (nSPS) is 32.6. The predicted molar refractivity (Wildman–Crippen MR) is 69.7 cm³/mol. The van der Waals surface area contributed by atoms with Crippen molar-refractivity contribution in [3.05, 3.63) is 0 Å². The second-order valence-electron chi connectivity index (χ2n) is 5.50. The van der Waals surface area contributed by atoms with Crippen LogP contribution in [0.5, 0.6) is 0 Å². The third-order valence-electron chi connectivity index (χ3n) is 3.77. The van der Waals surface area contributed by atoms with Gasteiger partial charge in [0.25, 0.3) is 0 Å². The van der Waals surface area contributed by atoms with Crippen molar-refractivity contribution in [2.75, 3.05) is 13.1 Å². The van der Waals surface area contributed by atoms with Crippen LogP contribution in [-0.2, 0) is 4.74 Å². The second kappa shape index (κ2) is 6.61. The molecule has 3 atom stereocenters. The van der Waals surface area contributed by atoms with Gasteiger partial charge in [0.1, 0.15) is 0 Å². The van der Waals surface area contributed by atoms with Crippen molar-refractivity contribution < 1.29 is 4.74 Å². The monoisotopic (exact) mass is 227 g/mol. The fourth-order valence-electron chi connectivity index (χ4n) is 2.78. The van der Waals surface area contributed by atoms with Crippen molar-refractivity contribution in [2.24, 2.45) is 5.92 Å². The SMILES string of the molecule is CCNCC1(OC(C)CC)CCCC(C)C1. The lowest BCUT2D eigenvalue weighted by Crippen LogP contribution is -2.48. The maximum atomic E-state index is 6.34. The van der Waals surface area contributed by atoms with Gasteiger partial charge in [0.15, 0.2) is 0 Å². The molecule has 2 nitrogen and oxygen atoms in total. The number of nitrogens with one attached hydrogen (secondary N) is 1. The van der Waals surface area contributed by atoms with Crippen LogP contribution in [0.15, 0.2) is 0 Å². The Morgan fingerprint density at radius 1 is 1.44 bits per heavy atom. The molecule has 0 aromatic carbocycles. The molecule has 0 radical (unpaired) electrons. The molecule has 1 saturated carbocycles. The molecule has 2 heteroatoms. The molecule has 3 unspecified atom stereocenters. The van der Waals surface area contributed by atoms with Gasteiger partial charge >= 0.3 is 0 Å². The van der Waals surface area contributed by atoms with Gasteiger partial charge in [0.05, 0.1) is 11.7 Å². The van der Waals surface area contributed by atoms with Gasteiger partial charge in [-0.2, -0.15) is 0 Å². The Morgan fingerprint density at radius 2 is 2.19 bits per heavy atom. The first-order valence-corrected chi connectivity index (χ1v) is 7.00. The summed E-state index contributed by atoms with van der Waals surface area (Å²) in [5, 5.41) is 3.48. The van der Waals surface area contributed by atoms with Crippen LogP contribution in [0.1, 0.15) is 59.8 Å². The van der Waals surface area contributed by atoms with Crippen LogP contribution in [0.25, 0.3) is 0 Å². The van der Waals surface area contributed by atoms with Gasteiger partial charge < -0.3 is 10.1 Å². The van der Waals surface area contributed by atoms with E-state index in [-0.39, 0.29) is 5.60 Å². The number of hydrogen-bond acceptors (Lipinski definition) is 2. The Balaban J connectivity index is 2.59. The summed E-state index contributed by atoms with van der Waals surface area (Å²) in [6.45, 7) is 11.0. The molecule has 16 heavy (non-hydrogen) atoms.